The van der Waals surface area contributed by atoms with Gasteiger partial charge in [0, 0.05) is 25.2 Å². The smallest absolute Gasteiger partial charge is 0.131 e. The van der Waals surface area contributed by atoms with Crippen LogP contribution in [0.25, 0.3) is 0 Å². The van der Waals surface area contributed by atoms with Crippen LogP contribution in [0, 0.1) is 5.82 Å². The Kier molecular flexibility index (Phi) is 3.51. The van der Waals surface area contributed by atoms with Crippen molar-refractivity contribution in [1.82, 2.24) is 10.2 Å². The fraction of sp³-hybridized carbons (Fsp3) is 0.417. The van der Waals surface area contributed by atoms with Gasteiger partial charge in [-0.2, -0.15) is 0 Å². The highest BCUT2D eigenvalue weighted by Gasteiger charge is 2.17. The Labute approximate surface area is 95.0 Å². The Hall–Kier alpha value is -1.42. The van der Waals surface area contributed by atoms with Gasteiger partial charge < -0.3 is 10.2 Å². The van der Waals surface area contributed by atoms with E-state index < -0.39 is 0 Å². The first kappa shape index (κ1) is 11.1. The van der Waals surface area contributed by atoms with Crippen LogP contribution in [-0.2, 0) is 0 Å². The molecule has 1 N–H and O–H groups in total. The molecule has 16 heavy (non-hydrogen) atoms. The zero-order chi connectivity index (χ0) is 11.4. The predicted molar refractivity (Wildman–Crippen MR) is 63.3 cm³/mol. The van der Waals surface area contributed by atoms with Gasteiger partial charge in [-0.1, -0.05) is 0 Å². The average Bonchev–Trinajstić information content (AvgIpc) is 2.75. The summed E-state index contributed by atoms with van der Waals surface area (Å²) >= 11 is 0. The highest BCUT2D eigenvalue weighted by molar-refractivity contribution is 5.99. The minimum atomic E-state index is -0.205. The van der Waals surface area contributed by atoms with Gasteiger partial charge in [-0.3, -0.25) is 4.99 Å². The van der Waals surface area contributed by atoms with Crippen molar-refractivity contribution in [2.24, 2.45) is 4.99 Å². The summed E-state index contributed by atoms with van der Waals surface area (Å²) in [5.41, 5.74) is 0.995. The zero-order valence-corrected chi connectivity index (χ0v) is 9.41. The molecule has 1 aliphatic heterocycles. The molecule has 4 heteroatoms. The van der Waals surface area contributed by atoms with Gasteiger partial charge in [0.15, 0.2) is 0 Å². The minimum Gasteiger partial charge on any atom is -0.353 e. The molecule has 3 nitrogen and oxygen atoms in total. The van der Waals surface area contributed by atoms with E-state index in [4.69, 9.17) is 0 Å². The largest absolute Gasteiger partial charge is 0.353 e. The van der Waals surface area contributed by atoms with Crippen LogP contribution in [-0.4, -0.2) is 44.0 Å². The molecule has 0 amide bonds. The third kappa shape index (κ3) is 2.39. The predicted octanol–water partition coefficient (Wildman–Crippen LogP) is 1.11. The number of likely N-dealkylation sites (N-methyl/N-ethyl adjacent to an activating group) is 1. The molecule has 0 saturated heterocycles. The average molecular weight is 221 g/mol. The van der Waals surface area contributed by atoms with E-state index in [1.807, 2.05) is 7.05 Å². The van der Waals surface area contributed by atoms with E-state index in [1.54, 1.807) is 12.1 Å². The third-order valence-electron chi connectivity index (χ3n) is 2.67. The van der Waals surface area contributed by atoms with Gasteiger partial charge in [-0.15, -0.1) is 0 Å². The van der Waals surface area contributed by atoms with E-state index in [9.17, 15) is 4.39 Å². The second-order valence-corrected chi connectivity index (χ2v) is 3.80. The third-order valence-corrected chi connectivity index (χ3v) is 2.67. The lowest BCUT2D eigenvalue weighted by Gasteiger charge is -2.20. The molecule has 0 aromatic heterocycles. The van der Waals surface area contributed by atoms with Gasteiger partial charge in [-0.25, -0.2) is 4.39 Å². The van der Waals surface area contributed by atoms with Crippen LogP contribution >= 0.6 is 0 Å². The molecule has 0 aliphatic carbocycles. The van der Waals surface area contributed by atoms with Crippen LogP contribution in [0.2, 0.25) is 0 Å². The van der Waals surface area contributed by atoms with Crippen molar-refractivity contribution in [3.05, 3.63) is 35.6 Å². The SMILES string of the molecule is CNCCN1CCN=C1c1ccc(F)cc1. The highest BCUT2D eigenvalue weighted by Crippen LogP contribution is 2.11. The number of nitrogens with one attached hydrogen (secondary N) is 1. The van der Waals surface area contributed by atoms with Crippen molar-refractivity contribution in [2.75, 3.05) is 33.2 Å². The molecule has 1 aromatic rings. The number of rotatable bonds is 4. The number of nitrogens with zero attached hydrogens (tertiary/aromatic N) is 2. The van der Waals surface area contributed by atoms with E-state index >= 15 is 0 Å². The first-order valence-corrected chi connectivity index (χ1v) is 5.51. The maximum Gasteiger partial charge on any atom is 0.131 e. The lowest BCUT2D eigenvalue weighted by atomic mass is 10.2. The number of hydrogen-bond donors (Lipinski definition) is 1. The molecule has 1 aromatic carbocycles. The topological polar surface area (TPSA) is 27.6 Å². The Balaban J connectivity index is 2.10. The first-order chi connectivity index (χ1) is 7.81. The second-order valence-electron chi connectivity index (χ2n) is 3.80. The Bertz CT molecular complexity index is 372. The molecule has 0 unspecified atom stereocenters. The fourth-order valence-electron chi connectivity index (χ4n) is 1.82. The van der Waals surface area contributed by atoms with Crippen LogP contribution < -0.4 is 5.32 Å². The van der Waals surface area contributed by atoms with Crippen LogP contribution in [0.4, 0.5) is 4.39 Å². The summed E-state index contributed by atoms with van der Waals surface area (Å²) in [5.74, 6) is 0.777. The first-order valence-electron chi connectivity index (χ1n) is 5.51. The zero-order valence-electron chi connectivity index (χ0n) is 9.41. The lowest BCUT2D eigenvalue weighted by molar-refractivity contribution is 0.453. The lowest BCUT2D eigenvalue weighted by Crippen LogP contribution is -2.34. The van der Waals surface area contributed by atoms with Crippen molar-refractivity contribution in [1.29, 1.82) is 0 Å². The van der Waals surface area contributed by atoms with E-state index in [-0.39, 0.29) is 5.82 Å². The standard InChI is InChI=1S/C12H16FN3/c1-14-6-8-16-9-7-15-12(16)10-2-4-11(13)5-3-10/h2-5,14H,6-9H2,1H3. The Morgan fingerprint density at radius 2 is 2.12 bits per heavy atom. The van der Waals surface area contributed by atoms with Gasteiger partial charge in [0.1, 0.15) is 11.7 Å². The number of amidine groups is 1. The van der Waals surface area contributed by atoms with E-state index in [2.05, 4.69) is 15.2 Å². The maximum absolute atomic E-state index is 12.8. The van der Waals surface area contributed by atoms with Crippen LogP contribution in [0.5, 0.6) is 0 Å². The molecule has 0 saturated carbocycles. The summed E-state index contributed by atoms with van der Waals surface area (Å²) in [5, 5.41) is 3.12. The Morgan fingerprint density at radius 3 is 2.81 bits per heavy atom. The molecule has 0 spiro atoms. The van der Waals surface area contributed by atoms with E-state index in [0.29, 0.717) is 0 Å². The number of halogens is 1. The molecule has 86 valence electrons. The molecular formula is C12H16FN3. The van der Waals surface area contributed by atoms with E-state index in [0.717, 1.165) is 37.6 Å². The summed E-state index contributed by atoms with van der Waals surface area (Å²) < 4.78 is 12.8. The maximum atomic E-state index is 12.8. The summed E-state index contributed by atoms with van der Waals surface area (Å²) in [7, 11) is 1.94. The minimum absolute atomic E-state index is 0.205. The molecule has 2 rings (SSSR count). The molecule has 1 heterocycles. The van der Waals surface area contributed by atoms with Crippen molar-refractivity contribution in [3.8, 4) is 0 Å². The number of benzene rings is 1. The van der Waals surface area contributed by atoms with Gasteiger partial charge in [0.05, 0.1) is 6.54 Å². The van der Waals surface area contributed by atoms with Crippen molar-refractivity contribution >= 4 is 5.84 Å². The van der Waals surface area contributed by atoms with Gasteiger partial charge in [0.2, 0.25) is 0 Å². The highest BCUT2D eigenvalue weighted by atomic mass is 19.1. The van der Waals surface area contributed by atoms with Crippen LogP contribution in [0.15, 0.2) is 29.3 Å². The van der Waals surface area contributed by atoms with Crippen molar-refractivity contribution in [2.45, 2.75) is 0 Å². The van der Waals surface area contributed by atoms with Crippen molar-refractivity contribution in [3.63, 3.8) is 0 Å². The number of hydrogen-bond acceptors (Lipinski definition) is 3. The second kappa shape index (κ2) is 5.07. The normalized spacial score (nSPS) is 15.4. The van der Waals surface area contributed by atoms with Gasteiger partial charge in [0.25, 0.3) is 0 Å². The van der Waals surface area contributed by atoms with Gasteiger partial charge in [-0.05, 0) is 31.3 Å². The number of aliphatic imine (C=N–C) groups is 1. The monoisotopic (exact) mass is 221 g/mol. The van der Waals surface area contributed by atoms with Crippen molar-refractivity contribution < 1.29 is 4.39 Å². The summed E-state index contributed by atoms with van der Waals surface area (Å²) in [4.78, 5) is 6.69. The molecule has 0 radical (unpaired) electrons. The van der Waals surface area contributed by atoms with Crippen LogP contribution in [0.1, 0.15) is 5.56 Å². The van der Waals surface area contributed by atoms with Gasteiger partial charge >= 0.3 is 0 Å². The molecule has 0 atom stereocenters. The van der Waals surface area contributed by atoms with Crippen LogP contribution in [0.3, 0.4) is 0 Å². The summed E-state index contributed by atoms with van der Waals surface area (Å²) in [6.45, 7) is 3.65. The molecule has 0 bridgehead atoms. The molecule has 1 aliphatic rings. The fourth-order valence-corrected chi connectivity index (χ4v) is 1.82. The summed E-state index contributed by atoms with van der Waals surface area (Å²) in [6.07, 6.45) is 0. The summed E-state index contributed by atoms with van der Waals surface area (Å²) in [6, 6.07) is 6.52. The quantitative estimate of drug-likeness (QED) is 0.824. The molecular weight excluding hydrogens is 205 g/mol. The molecule has 0 fully saturated rings. The van der Waals surface area contributed by atoms with E-state index in [1.165, 1.54) is 12.1 Å². The Morgan fingerprint density at radius 1 is 1.38 bits per heavy atom.